The summed E-state index contributed by atoms with van der Waals surface area (Å²) in [5, 5.41) is 13.4. The quantitative estimate of drug-likeness (QED) is 0.430. The van der Waals surface area contributed by atoms with Gasteiger partial charge >= 0.3 is 0 Å². The Morgan fingerprint density at radius 1 is 1.14 bits per heavy atom. The summed E-state index contributed by atoms with van der Waals surface area (Å²) in [4.78, 5) is 15.0. The number of hydrogen-bond acceptors (Lipinski definition) is 8. The van der Waals surface area contributed by atoms with Crippen molar-refractivity contribution in [2.75, 3.05) is 35.3 Å². The number of anilines is 3. The molecule has 21 heavy (non-hydrogen) atoms. The maximum Gasteiger partial charge on any atom is 0.243 e. The molecule has 5 N–H and O–H groups in total. The molecule has 1 aliphatic rings. The van der Waals surface area contributed by atoms with Crippen molar-refractivity contribution >= 4 is 17.8 Å². The van der Waals surface area contributed by atoms with E-state index in [1.54, 1.807) is 0 Å². The van der Waals surface area contributed by atoms with Crippen LogP contribution in [0, 0.1) is 0 Å². The monoisotopic (exact) mass is 295 g/mol. The van der Waals surface area contributed by atoms with E-state index in [2.05, 4.69) is 30.6 Å². The predicted molar refractivity (Wildman–Crippen MR) is 83.1 cm³/mol. The molecule has 1 aromatic rings. The number of nitrogens with zero attached hydrogens (tertiary/aromatic N) is 4. The molecule has 8 heteroatoms. The van der Waals surface area contributed by atoms with Crippen LogP contribution < -0.4 is 21.5 Å². The highest BCUT2D eigenvalue weighted by atomic mass is 16.3. The normalized spacial score (nSPS) is 15.3. The van der Waals surface area contributed by atoms with Crippen LogP contribution in [-0.4, -0.2) is 45.3 Å². The minimum absolute atomic E-state index is 0.325. The van der Waals surface area contributed by atoms with Gasteiger partial charge in [0.2, 0.25) is 17.8 Å². The van der Waals surface area contributed by atoms with Crippen molar-refractivity contribution in [1.29, 1.82) is 0 Å². The molecule has 0 bridgehead atoms. The van der Waals surface area contributed by atoms with E-state index in [0.29, 0.717) is 37.2 Å². The Balaban J connectivity index is 2.13. The molecule has 0 aromatic carbocycles. The zero-order valence-corrected chi connectivity index (χ0v) is 12.8. The maximum absolute atomic E-state index is 10.3. The van der Waals surface area contributed by atoms with Crippen LogP contribution in [0.2, 0.25) is 0 Å². The number of nitrogens with one attached hydrogen (secondary N) is 2. The molecule has 2 heterocycles. The molecule has 8 nitrogen and oxygen atoms in total. The average molecular weight is 295 g/mol. The van der Waals surface area contributed by atoms with Gasteiger partial charge in [-0.15, -0.1) is 0 Å². The molecule has 1 aromatic heterocycles. The third-order valence-corrected chi connectivity index (χ3v) is 4.03. The molecule has 0 saturated carbocycles. The number of hydrogen-bond donors (Lipinski definition) is 4. The second kappa shape index (κ2) is 6.86. The van der Waals surface area contributed by atoms with Gasteiger partial charge in [0.05, 0.1) is 5.60 Å². The van der Waals surface area contributed by atoms with Gasteiger partial charge in [-0.3, -0.25) is 5.43 Å². The van der Waals surface area contributed by atoms with E-state index >= 15 is 0 Å². The van der Waals surface area contributed by atoms with E-state index in [1.807, 2.05) is 13.8 Å². The number of rotatable bonds is 7. The van der Waals surface area contributed by atoms with Gasteiger partial charge in [0.15, 0.2) is 0 Å². The van der Waals surface area contributed by atoms with Gasteiger partial charge in [0, 0.05) is 19.6 Å². The first kappa shape index (κ1) is 15.7. The van der Waals surface area contributed by atoms with Crippen molar-refractivity contribution < 1.29 is 5.11 Å². The number of aliphatic hydroxyl groups is 1. The lowest BCUT2D eigenvalue weighted by Crippen LogP contribution is -2.36. The number of aromatic nitrogens is 3. The van der Waals surface area contributed by atoms with Gasteiger partial charge in [-0.05, 0) is 25.7 Å². The largest absolute Gasteiger partial charge is 0.388 e. The molecule has 0 amide bonds. The second-order valence-electron chi connectivity index (χ2n) is 5.41. The van der Waals surface area contributed by atoms with Gasteiger partial charge < -0.3 is 15.3 Å². The van der Waals surface area contributed by atoms with E-state index in [0.717, 1.165) is 25.9 Å². The lowest BCUT2D eigenvalue weighted by molar-refractivity contribution is 0.0455. The summed E-state index contributed by atoms with van der Waals surface area (Å²) in [6.45, 7) is 6.21. The SMILES string of the molecule is CCC(O)(CC)CNc1nc(NN)nc(N2CCCC2)n1. The molecule has 2 rings (SSSR count). The summed E-state index contributed by atoms with van der Waals surface area (Å²) < 4.78 is 0. The van der Waals surface area contributed by atoms with Crippen LogP contribution in [-0.2, 0) is 0 Å². The van der Waals surface area contributed by atoms with Crippen LogP contribution in [0.25, 0.3) is 0 Å². The maximum atomic E-state index is 10.3. The Labute approximate surface area is 125 Å². The van der Waals surface area contributed by atoms with Crippen molar-refractivity contribution in [3.63, 3.8) is 0 Å². The first-order valence-electron chi connectivity index (χ1n) is 7.54. The summed E-state index contributed by atoms with van der Waals surface area (Å²) >= 11 is 0. The Hall–Kier alpha value is -1.67. The summed E-state index contributed by atoms with van der Waals surface area (Å²) in [6.07, 6.45) is 3.63. The zero-order chi connectivity index (χ0) is 15.3. The van der Waals surface area contributed by atoms with Crippen molar-refractivity contribution in [2.24, 2.45) is 5.84 Å². The first-order chi connectivity index (χ1) is 10.1. The van der Waals surface area contributed by atoms with Gasteiger partial charge in [-0.2, -0.15) is 15.0 Å². The topological polar surface area (TPSA) is 112 Å². The third-order valence-electron chi connectivity index (χ3n) is 4.03. The third kappa shape index (κ3) is 3.92. The average Bonchev–Trinajstić information content (AvgIpc) is 3.06. The highest BCUT2D eigenvalue weighted by molar-refractivity contribution is 5.44. The fourth-order valence-corrected chi connectivity index (χ4v) is 2.31. The van der Waals surface area contributed by atoms with Crippen LogP contribution >= 0.6 is 0 Å². The highest BCUT2D eigenvalue weighted by Crippen LogP contribution is 2.19. The Kier molecular flexibility index (Phi) is 5.13. The molecule has 1 fully saturated rings. The molecule has 1 aliphatic heterocycles. The van der Waals surface area contributed by atoms with E-state index in [9.17, 15) is 5.11 Å². The lowest BCUT2D eigenvalue weighted by atomic mass is 9.98. The fourth-order valence-electron chi connectivity index (χ4n) is 2.31. The second-order valence-corrected chi connectivity index (χ2v) is 5.41. The molecule has 1 saturated heterocycles. The van der Waals surface area contributed by atoms with Gasteiger partial charge in [0.1, 0.15) is 0 Å². The van der Waals surface area contributed by atoms with Crippen LogP contribution in [0.5, 0.6) is 0 Å². The molecule has 0 unspecified atom stereocenters. The Bertz CT molecular complexity index is 458. The minimum atomic E-state index is -0.753. The number of nitrogen functional groups attached to an aromatic ring is 1. The number of hydrazine groups is 1. The molecule has 0 radical (unpaired) electrons. The molecule has 118 valence electrons. The standard InChI is InChI=1S/C13H25N7O/c1-3-13(21,4-2)9-15-10-16-11(19-14)18-12(17-10)20-7-5-6-8-20/h21H,3-9,14H2,1-2H3,(H2,15,16,17,18,19). The van der Waals surface area contributed by atoms with E-state index < -0.39 is 5.60 Å². The van der Waals surface area contributed by atoms with Crippen molar-refractivity contribution in [3.05, 3.63) is 0 Å². The van der Waals surface area contributed by atoms with Crippen LogP contribution in [0.4, 0.5) is 17.8 Å². The Morgan fingerprint density at radius 2 is 1.76 bits per heavy atom. The molecular formula is C13H25N7O. The van der Waals surface area contributed by atoms with Crippen molar-refractivity contribution in [2.45, 2.75) is 45.1 Å². The van der Waals surface area contributed by atoms with Gasteiger partial charge in [-0.25, -0.2) is 5.84 Å². The van der Waals surface area contributed by atoms with E-state index in [4.69, 9.17) is 5.84 Å². The summed E-state index contributed by atoms with van der Waals surface area (Å²) in [7, 11) is 0. The minimum Gasteiger partial charge on any atom is -0.388 e. The fraction of sp³-hybridized carbons (Fsp3) is 0.769. The smallest absolute Gasteiger partial charge is 0.243 e. The van der Waals surface area contributed by atoms with Crippen LogP contribution in [0.3, 0.4) is 0 Å². The van der Waals surface area contributed by atoms with Crippen molar-refractivity contribution in [1.82, 2.24) is 15.0 Å². The Morgan fingerprint density at radius 3 is 2.33 bits per heavy atom. The molecule has 0 atom stereocenters. The molecule has 0 aliphatic carbocycles. The van der Waals surface area contributed by atoms with Crippen molar-refractivity contribution in [3.8, 4) is 0 Å². The van der Waals surface area contributed by atoms with Crippen LogP contribution in [0.1, 0.15) is 39.5 Å². The lowest BCUT2D eigenvalue weighted by Gasteiger charge is -2.25. The summed E-state index contributed by atoms with van der Waals surface area (Å²) in [5.41, 5.74) is 1.71. The van der Waals surface area contributed by atoms with Crippen LogP contribution in [0.15, 0.2) is 0 Å². The summed E-state index contributed by atoms with van der Waals surface area (Å²) in [5.74, 6) is 6.80. The highest BCUT2D eigenvalue weighted by Gasteiger charge is 2.23. The predicted octanol–water partition coefficient (Wildman–Crippen LogP) is 0.720. The first-order valence-corrected chi connectivity index (χ1v) is 7.54. The number of nitrogens with two attached hydrogens (primary N) is 1. The van der Waals surface area contributed by atoms with E-state index in [-0.39, 0.29) is 0 Å². The molecular weight excluding hydrogens is 270 g/mol. The van der Waals surface area contributed by atoms with Gasteiger partial charge in [0.25, 0.3) is 0 Å². The van der Waals surface area contributed by atoms with Gasteiger partial charge in [-0.1, -0.05) is 13.8 Å². The molecule has 0 spiro atoms. The van der Waals surface area contributed by atoms with E-state index in [1.165, 1.54) is 0 Å². The summed E-state index contributed by atoms with van der Waals surface area (Å²) in [6, 6.07) is 0. The zero-order valence-electron chi connectivity index (χ0n) is 12.8.